The van der Waals surface area contributed by atoms with Crippen LogP contribution in [0.1, 0.15) is 27.2 Å². The number of nitrogens with two attached hydrogens (primary N) is 1. The van der Waals surface area contributed by atoms with E-state index >= 15 is 0 Å². The first kappa shape index (κ1) is 15.5. The highest BCUT2D eigenvalue weighted by Crippen LogP contribution is 2.24. The molecule has 0 fully saturated rings. The van der Waals surface area contributed by atoms with Crippen LogP contribution >= 0.6 is 15.9 Å². The summed E-state index contributed by atoms with van der Waals surface area (Å²) in [5, 5.41) is 0. The Kier molecular flexibility index (Phi) is 4.80. The molecule has 0 spiro atoms. The number of sulfonamides is 1. The first-order chi connectivity index (χ1) is 8.18. The molecule has 0 unspecified atom stereocenters. The average Bonchev–Trinajstić information content (AvgIpc) is 2.30. The van der Waals surface area contributed by atoms with E-state index in [1.807, 2.05) is 20.8 Å². The van der Waals surface area contributed by atoms with E-state index in [0.29, 0.717) is 11.0 Å². The topological polar surface area (TPSA) is 72.2 Å². The summed E-state index contributed by atoms with van der Waals surface area (Å²) >= 11 is 3.25. The molecule has 1 aromatic carbocycles. The second-order valence-corrected chi connectivity index (χ2v) is 7.68. The fourth-order valence-electron chi connectivity index (χ4n) is 1.23. The Morgan fingerprint density at radius 2 is 2.00 bits per heavy atom. The van der Waals surface area contributed by atoms with Crippen LogP contribution in [0.3, 0.4) is 0 Å². The third-order valence-corrected chi connectivity index (χ3v) is 4.91. The molecular formula is C12H19BrN2O2S. The van der Waals surface area contributed by atoms with Crippen LogP contribution in [0.15, 0.2) is 27.6 Å². The van der Waals surface area contributed by atoms with Gasteiger partial charge in [0, 0.05) is 11.0 Å². The van der Waals surface area contributed by atoms with Crippen LogP contribution in [0, 0.1) is 5.41 Å². The zero-order chi connectivity index (χ0) is 14.0. The van der Waals surface area contributed by atoms with Crippen LogP contribution < -0.4 is 10.5 Å². The van der Waals surface area contributed by atoms with Crippen LogP contribution in [-0.2, 0) is 10.0 Å². The van der Waals surface area contributed by atoms with Gasteiger partial charge < -0.3 is 5.73 Å². The summed E-state index contributed by atoms with van der Waals surface area (Å²) in [6.07, 6.45) is 0.892. The van der Waals surface area contributed by atoms with Crippen LogP contribution in [-0.4, -0.2) is 15.0 Å². The van der Waals surface area contributed by atoms with Gasteiger partial charge in [-0.15, -0.1) is 0 Å². The van der Waals surface area contributed by atoms with E-state index < -0.39 is 10.0 Å². The molecule has 0 aliphatic heterocycles. The molecule has 1 aromatic rings. The van der Waals surface area contributed by atoms with Gasteiger partial charge in [0.2, 0.25) is 10.0 Å². The van der Waals surface area contributed by atoms with E-state index in [2.05, 4.69) is 20.7 Å². The van der Waals surface area contributed by atoms with Crippen molar-refractivity contribution in [2.75, 3.05) is 12.3 Å². The van der Waals surface area contributed by atoms with E-state index in [1.54, 1.807) is 12.1 Å². The normalized spacial score (nSPS) is 12.7. The maximum atomic E-state index is 12.2. The van der Waals surface area contributed by atoms with E-state index in [4.69, 9.17) is 5.73 Å². The Morgan fingerprint density at radius 1 is 1.39 bits per heavy atom. The molecule has 1 rings (SSSR count). The maximum Gasteiger partial charge on any atom is 0.242 e. The second-order valence-electron chi connectivity index (χ2n) is 5.02. The average molecular weight is 335 g/mol. The minimum absolute atomic E-state index is 0.0756. The molecule has 18 heavy (non-hydrogen) atoms. The number of nitrogen functional groups attached to an aromatic ring is 1. The van der Waals surface area contributed by atoms with Gasteiger partial charge in [-0.25, -0.2) is 13.1 Å². The molecule has 0 heterocycles. The van der Waals surface area contributed by atoms with Crippen molar-refractivity contribution < 1.29 is 8.42 Å². The van der Waals surface area contributed by atoms with Gasteiger partial charge in [-0.3, -0.25) is 0 Å². The van der Waals surface area contributed by atoms with E-state index in [0.717, 1.165) is 6.42 Å². The van der Waals surface area contributed by atoms with Crippen molar-refractivity contribution in [3.63, 3.8) is 0 Å². The van der Waals surface area contributed by atoms with Gasteiger partial charge in [-0.1, -0.05) is 36.7 Å². The molecule has 6 heteroatoms. The number of halogens is 1. The van der Waals surface area contributed by atoms with Gasteiger partial charge in [-0.2, -0.15) is 0 Å². The van der Waals surface area contributed by atoms with Crippen molar-refractivity contribution in [1.82, 2.24) is 4.72 Å². The number of nitrogens with one attached hydrogen (secondary N) is 1. The van der Waals surface area contributed by atoms with Gasteiger partial charge in [0.05, 0.1) is 5.69 Å². The molecule has 0 amide bonds. The fourth-order valence-corrected chi connectivity index (χ4v) is 3.14. The summed E-state index contributed by atoms with van der Waals surface area (Å²) in [5.74, 6) is 0. The van der Waals surface area contributed by atoms with Gasteiger partial charge in [-0.05, 0) is 30.0 Å². The van der Waals surface area contributed by atoms with Crippen LogP contribution in [0.2, 0.25) is 0 Å². The van der Waals surface area contributed by atoms with Crippen molar-refractivity contribution in [3.8, 4) is 0 Å². The molecule has 0 bridgehead atoms. The van der Waals surface area contributed by atoms with Crippen LogP contribution in [0.5, 0.6) is 0 Å². The van der Waals surface area contributed by atoms with Crippen molar-refractivity contribution in [2.24, 2.45) is 5.41 Å². The lowest BCUT2D eigenvalue weighted by molar-refractivity contribution is 0.350. The lowest BCUT2D eigenvalue weighted by atomic mass is 9.91. The Balaban J connectivity index is 2.97. The van der Waals surface area contributed by atoms with Gasteiger partial charge in [0.1, 0.15) is 4.90 Å². The first-order valence-electron chi connectivity index (χ1n) is 5.73. The lowest BCUT2D eigenvalue weighted by Gasteiger charge is -2.23. The first-order valence-corrected chi connectivity index (χ1v) is 8.00. The van der Waals surface area contributed by atoms with Crippen molar-refractivity contribution in [2.45, 2.75) is 32.1 Å². The zero-order valence-corrected chi connectivity index (χ0v) is 13.2. The summed E-state index contributed by atoms with van der Waals surface area (Å²) in [6, 6.07) is 4.80. The Morgan fingerprint density at radius 3 is 2.56 bits per heavy atom. The van der Waals surface area contributed by atoms with Crippen molar-refractivity contribution in [1.29, 1.82) is 0 Å². The van der Waals surface area contributed by atoms with Crippen LogP contribution in [0.25, 0.3) is 0 Å². The van der Waals surface area contributed by atoms with Crippen molar-refractivity contribution >= 4 is 31.6 Å². The predicted octanol–water partition coefficient (Wildman–Crippen LogP) is 2.75. The van der Waals surface area contributed by atoms with E-state index in [1.165, 1.54) is 6.07 Å². The van der Waals surface area contributed by atoms with Gasteiger partial charge in [0.25, 0.3) is 0 Å². The third-order valence-electron chi connectivity index (χ3n) is 2.96. The summed E-state index contributed by atoms with van der Waals surface area (Å²) in [4.78, 5) is 0.115. The molecule has 3 N–H and O–H groups in total. The Labute approximate surface area is 117 Å². The predicted molar refractivity (Wildman–Crippen MR) is 77.8 cm³/mol. The van der Waals surface area contributed by atoms with Gasteiger partial charge in [0.15, 0.2) is 0 Å². The maximum absolute atomic E-state index is 12.2. The van der Waals surface area contributed by atoms with E-state index in [-0.39, 0.29) is 16.0 Å². The van der Waals surface area contributed by atoms with Crippen LogP contribution in [0.4, 0.5) is 5.69 Å². The molecule has 102 valence electrons. The third kappa shape index (κ3) is 3.96. The Bertz CT molecular complexity index is 527. The van der Waals surface area contributed by atoms with Crippen molar-refractivity contribution in [3.05, 3.63) is 22.7 Å². The molecule has 0 aliphatic rings. The number of benzene rings is 1. The Hall–Kier alpha value is -0.590. The molecule has 0 aromatic heterocycles. The number of anilines is 1. The summed E-state index contributed by atoms with van der Waals surface area (Å²) < 4.78 is 27.6. The highest BCUT2D eigenvalue weighted by atomic mass is 79.9. The summed E-state index contributed by atoms with van der Waals surface area (Å²) in [6.45, 7) is 6.44. The molecule has 0 saturated carbocycles. The monoisotopic (exact) mass is 334 g/mol. The molecule has 4 nitrogen and oxygen atoms in total. The lowest BCUT2D eigenvalue weighted by Crippen LogP contribution is -2.34. The fraction of sp³-hybridized carbons (Fsp3) is 0.500. The minimum Gasteiger partial charge on any atom is -0.398 e. The number of rotatable bonds is 5. The summed E-state index contributed by atoms with van der Waals surface area (Å²) in [7, 11) is -3.56. The molecule has 0 saturated heterocycles. The van der Waals surface area contributed by atoms with E-state index in [9.17, 15) is 8.42 Å². The standard InChI is InChI=1S/C12H19BrN2O2S/c1-4-12(2,3)8-15-18(16,17)11-7-9(13)5-6-10(11)14/h5-7,15H,4,8,14H2,1-3H3. The molecule has 0 radical (unpaired) electrons. The SMILES string of the molecule is CCC(C)(C)CNS(=O)(=O)c1cc(Br)ccc1N. The molecule has 0 aliphatic carbocycles. The quantitative estimate of drug-likeness (QED) is 0.813. The molecular weight excluding hydrogens is 316 g/mol. The summed E-state index contributed by atoms with van der Waals surface area (Å²) in [5.41, 5.74) is 5.88. The number of hydrogen-bond donors (Lipinski definition) is 2. The zero-order valence-electron chi connectivity index (χ0n) is 10.8. The smallest absolute Gasteiger partial charge is 0.242 e. The second kappa shape index (κ2) is 5.59. The van der Waals surface area contributed by atoms with Gasteiger partial charge >= 0.3 is 0 Å². The highest BCUT2D eigenvalue weighted by molar-refractivity contribution is 9.10. The molecule has 0 atom stereocenters. The number of hydrogen-bond acceptors (Lipinski definition) is 3. The largest absolute Gasteiger partial charge is 0.398 e. The minimum atomic E-state index is -3.56. The highest BCUT2D eigenvalue weighted by Gasteiger charge is 2.22.